The number of benzene rings is 1. The van der Waals surface area contributed by atoms with Crippen molar-refractivity contribution in [3.8, 4) is 0 Å². The van der Waals surface area contributed by atoms with Crippen molar-refractivity contribution < 1.29 is 14.7 Å². The summed E-state index contributed by atoms with van der Waals surface area (Å²) in [7, 11) is 0. The maximum atomic E-state index is 12.4. The van der Waals surface area contributed by atoms with Crippen LogP contribution in [-0.4, -0.2) is 42.0 Å². The van der Waals surface area contributed by atoms with E-state index in [1.165, 1.54) is 12.3 Å². The number of aromatic nitrogens is 1. The molecule has 136 valence electrons. The molecule has 1 fully saturated rings. The Balaban J connectivity index is 1.57. The number of nitro groups is 1. The van der Waals surface area contributed by atoms with Crippen molar-refractivity contribution in [3.63, 3.8) is 0 Å². The molecule has 1 aliphatic heterocycles. The number of amides is 2. The summed E-state index contributed by atoms with van der Waals surface area (Å²) in [6.07, 6.45) is 1.36. The van der Waals surface area contributed by atoms with Crippen molar-refractivity contribution in [1.29, 1.82) is 0 Å². The van der Waals surface area contributed by atoms with Gasteiger partial charge in [0.2, 0.25) is 0 Å². The Labute approximate surface area is 159 Å². The fourth-order valence-corrected chi connectivity index (χ4v) is 3.22. The molecule has 0 bridgehead atoms. The van der Waals surface area contributed by atoms with Gasteiger partial charge in [-0.2, -0.15) is 0 Å². The Morgan fingerprint density at radius 3 is 2.31 bits per heavy atom. The van der Waals surface area contributed by atoms with Gasteiger partial charge in [-0.05, 0) is 18.2 Å². The monoisotopic (exact) mass is 396 g/mol. The topological polar surface area (TPSA) is 92.9 Å². The molecule has 2 aromatic rings. The zero-order valence-electron chi connectivity index (χ0n) is 13.6. The summed E-state index contributed by atoms with van der Waals surface area (Å²) in [5.41, 5.74) is 0.547. The minimum absolute atomic E-state index is 0.00643. The predicted molar refractivity (Wildman–Crippen MR) is 98.9 cm³/mol. The van der Waals surface area contributed by atoms with Gasteiger partial charge in [-0.15, -0.1) is 0 Å². The molecule has 0 radical (unpaired) electrons. The summed E-state index contributed by atoms with van der Waals surface area (Å²) in [6, 6.07) is 7.75. The van der Waals surface area contributed by atoms with Gasteiger partial charge in [0.25, 0.3) is 5.82 Å². The van der Waals surface area contributed by atoms with Gasteiger partial charge in [0.05, 0.1) is 18.0 Å². The molecule has 1 aromatic heterocycles. The molecule has 3 rings (SSSR count). The first-order valence-corrected chi connectivity index (χ1v) is 8.61. The molecule has 0 unspecified atom stereocenters. The number of piperazine rings is 1. The van der Waals surface area contributed by atoms with E-state index < -0.39 is 4.92 Å². The van der Waals surface area contributed by atoms with Gasteiger partial charge < -0.3 is 10.2 Å². The van der Waals surface area contributed by atoms with Crippen LogP contribution in [0.5, 0.6) is 0 Å². The summed E-state index contributed by atoms with van der Waals surface area (Å²) >= 11 is 11.9. The number of hydrogen-bond donors (Lipinski definition) is 1. The number of nitrogens with zero attached hydrogens (tertiary/aromatic N) is 3. The molecule has 0 saturated carbocycles. The Morgan fingerprint density at radius 1 is 1.12 bits per heavy atom. The van der Waals surface area contributed by atoms with Crippen molar-refractivity contribution in [1.82, 2.24) is 4.90 Å². The van der Waals surface area contributed by atoms with Crippen LogP contribution in [0, 0.1) is 10.1 Å². The van der Waals surface area contributed by atoms with Crippen LogP contribution in [0.4, 0.5) is 22.0 Å². The van der Waals surface area contributed by atoms with E-state index in [1.54, 1.807) is 29.2 Å². The van der Waals surface area contributed by atoms with E-state index in [0.29, 0.717) is 41.9 Å². The van der Waals surface area contributed by atoms with E-state index in [9.17, 15) is 14.9 Å². The van der Waals surface area contributed by atoms with Gasteiger partial charge in [-0.25, -0.2) is 9.78 Å². The van der Waals surface area contributed by atoms with Crippen molar-refractivity contribution in [2.45, 2.75) is 0 Å². The molecular formula is C16H16Cl2N5O3+. The molecule has 1 saturated heterocycles. The normalized spacial score (nSPS) is 14.2. The quantitative estimate of drug-likeness (QED) is 0.637. The van der Waals surface area contributed by atoms with Crippen molar-refractivity contribution in [2.75, 3.05) is 36.4 Å². The average molecular weight is 397 g/mol. The predicted octanol–water partition coefficient (Wildman–Crippen LogP) is 3.07. The second kappa shape index (κ2) is 7.76. The molecule has 2 amide bonds. The Kier molecular flexibility index (Phi) is 5.43. The number of rotatable bonds is 3. The van der Waals surface area contributed by atoms with Gasteiger partial charge >= 0.3 is 11.7 Å². The number of aromatic amines is 1. The zero-order valence-corrected chi connectivity index (χ0v) is 15.1. The Morgan fingerprint density at radius 2 is 1.77 bits per heavy atom. The third-order valence-electron chi connectivity index (χ3n) is 4.01. The number of urea groups is 1. The lowest BCUT2D eigenvalue weighted by atomic mass is 10.3. The Bertz CT molecular complexity index is 803. The molecule has 10 heteroatoms. The fraction of sp³-hybridized carbons (Fsp3) is 0.250. The van der Waals surface area contributed by atoms with Crippen LogP contribution in [-0.2, 0) is 0 Å². The summed E-state index contributed by atoms with van der Waals surface area (Å²) in [6.45, 7) is 2.26. The van der Waals surface area contributed by atoms with Crippen LogP contribution in [0.2, 0.25) is 10.0 Å². The lowest BCUT2D eigenvalue weighted by molar-refractivity contribution is -0.414. The van der Waals surface area contributed by atoms with Crippen LogP contribution in [0.25, 0.3) is 0 Å². The van der Waals surface area contributed by atoms with Crippen LogP contribution >= 0.6 is 23.2 Å². The number of anilines is 2. The number of carbonyl (C=O) groups is 1. The summed E-state index contributed by atoms with van der Waals surface area (Å²) in [5.74, 6) is 0.775. The Hall–Kier alpha value is -2.58. The van der Waals surface area contributed by atoms with Gasteiger partial charge in [-0.1, -0.05) is 23.2 Å². The first-order valence-electron chi connectivity index (χ1n) is 7.85. The third-order valence-corrected chi connectivity index (χ3v) is 4.45. The standard InChI is InChI=1S/C16H15Cl2N5O3/c17-11-7-12(18)9-13(8-11)20-16(24)22-5-3-21(4-6-22)15-2-1-14(10-19-15)23(25)26/h1-2,7-10H,3-6H2,(H,20,24)/p+1. The number of hydrogen-bond acceptors (Lipinski definition) is 4. The van der Waals surface area contributed by atoms with E-state index in [-0.39, 0.29) is 11.7 Å². The van der Waals surface area contributed by atoms with Crippen molar-refractivity contribution in [3.05, 3.63) is 56.7 Å². The molecule has 8 nitrogen and oxygen atoms in total. The largest absolute Gasteiger partial charge is 0.322 e. The maximum Gasteiger partial charge on any atom is 0.322 e. The minimum Gasteiger partial charge on any atom is -0.317 e. The highest BCUT2D eigenvalue weighted by atomic mass is 35.5. The molecule has 2 N–H and O–H groups in total. The average Bonchev–Trinajstić information content (AvgIpc) is 2.61. The van der Waals surface area contributed by atoms with Gasteiger partial charge in [0.1, 0.15) is 13.1 Å². The molecule has 26 heavy (non-hydrogen) atoms. The number of halogens is 2. The second-order valence-corrected chi connectivity index (χ2v) is 6.62. The summed E-state index contributed by atoms with van der Waals surface area (Å²) < 4.78 is 0. The summed E-state index contributed by atoms with van der Waals surface area (Å²) in [5, 5.41) is 14.4. The number of pyridine rings is 1. The first-order chi connectivity index (χ1) is 12.4. The lowest BCUT2D eigenvalue weighted by Gasteiger charge is -2.31. The van der Waals surface area contributed by atoms with E-state index in [4.69, 9.17) is 23.2 Å². The highest BCUT2D eigenvalue weighted by Gasteiger charge is 2.26. The highest BCUT2D eigenvalue weighted by Crippen LogP contribution is 2.23. The first kappa shape index (κ1) is 18.2. The van der Waals surface area contributed by atoms with Crippen LogP contribution < -0.4 is 15.2 Å². The smallest absolute Gasteiger partial charge is 0.317 e. The van der Waals surface area contributed by atoms with E-state index in [1.807, 2.05) is 4.90 Å². The van der Waals surface area contributed by atoms with Gasteiger partial charge in [0.15, 0.2) is 6.20 Å². The lowest BCUT2D eigenvalue weighted by Crippen LogP contribution is -2.51. The highest BCUT2D eigenvalue weighted by molar-refractivity contribution is 6.35. The molecule has 2 heterocycles. The van der Waals surface area contributed by atoms with Crippen LogP contribution in [0.1, 0.15) is 0 Å². The molecule has 0 atom stereocenters. The number of H-pyrrole nitrogens is 1. The molecule has 0 aliphatic carbocycles. The van der Waals surface area contributed by atoms with Gasteiger partial charge in [-0.3, -0.25) is 15.0 Å². The molecule has 1 aliphatic rings. The zero-order chi connectivity index (χ0) is 18.7. The SMILES string of the molecule is O=C(Nc1cc(Cl)cc(Cl)c1)N1CCN(c2ccc([N+](=O)[O-])c[nH+]2)CC1. The molecule has 1 aromatic carbocycles. The van der Waals surface area contributed by atoms with E-state index in [0.717, 1.165) is 5.82 Å². The van der Waals surface area contributed by atoms with Crippen LogP contribution in [0.15, 0.2) is 36.5 Å². The van der Waals surface area contributed by atoms with Crippen molar-refractivity contribution in [2.24, 2.45) is 0 Å². The van der Waals surface area contributed by atoms with Gasteiger partial charge in [0, 0.05) is 27.9 Å². The van der Waals surface area contributed by atoms with Crippen LogP contribution in [0.3, 0.4) is 0 Å². The van der Waals surface area contributed by atoms with E-state index >= 15 is 0 Å². The minimum atomic E-state index is -0.454. The number of nitrogens with one attached hydrogen (secondary N) is 2. The number of carbonyl (C=O) groups excluding carboxylic acids is 1. The fourth-order valence-electron chi connectivity index (χ4n) is 2.70. The third kappa shape index (κ3) is 4.33. The summed E-state index contributed by atoms with van der Waals surface area (Å²) in [4.78, 5) is 29.3. The van der Waals surface area contributed by atoms with Crippen molar-refractivity contribution >= 4 is 46.4 Å². The van der Waals surface area contributed by atoms with E-state index in [2.05, 4.69) is 10.3 Å². The molecular weight excluding hydrogens is 381 g/mol. The second-order valence-electron chi connectivity index (χ2n) is 5.75. The molecule has 0 spiro atoms. The maximum absolute atomic E-state index is 12.4.